The quantitative estimate of drug-likeness (QED) is 0.608. The number of alkyl halides is 1. The molecule has 17 heavy (non-hydrogen) atoms. The Morgan fingerprint density at radius 1 is 1.65 bits per heavy atom. The van der Waals surface area contributed by atoms with Crippen molar-refractivity contribution in [1.82, 2.24) is 9.55 Å². The number of aromatic nitrogens is 2. The summed E-state index contributed by atoms with van der Waals surface area (Å²) in [5, 5.41) is 0. The topological polar surface area (TPSA) is 34.9 Å². The molecule has 0 unspecified atom stereocenters. The fourth-order valence-electron chi connectivity index (χ4n) is 1.51. The van der Waals surface area contributed by atoms with Crippen LogP contribution in [-0.4, -0.2) is 20.2 Å². The summed E-state index contributed by atoms with van der Waals surface area (Å²) in [6.45, 7) is 2.36. The van der Waals surface area contributed by atoms with E-state index in [4.69, 9.17) is 11.6 Å². The lowest BCUT2D eigenvalue weighted by molar-refractivity contribution is -0.120. The number of carbonyl (C=O) groups is 1. The van der Waals surface area contributed by atoms with Crippen molar-refractivity contribution >= 4 is 17.4 Å². The monoisotopic (exact) mass is 250 g/mol. The molecule has 0 radical (unpaired) electrons. The van der Waals surface area contributed by atoms with E-state index in [1.807, 2.05) is 0 Å². The number of hydrogen-bond donors (Lipinski definition) is 0. The van der Waals surface area contributed by atoms with Crippen molar-refractivity contribution < 1.29 is 4.79 Å². The molecular weight excluding hydrogens is 236 g/mol. The van der Waals surface area contributed by atoms with Crippen LogP contribution in [0.2, 0.25) is 0 Å². The van der Waals surface area contributed by atoms with Gasteiger partial charge in [0.05, 0.1) is 19.1 Å². The smallest absolute Gasteiger partial charge is 0.173 e. The molecular formula is C13H15ClN2O. The Bertz CT molecular complexity index is 477. The highest BCUT2D eigenvalue weighted by molar-refractivity contribution is 6.37. The Kier molecular flexibility index (Phi) is 3.54. The molecule has 0 bridgehead atoms. The SMILES string of the molecule is CCCC#Cc1cncn1CC(=O)C1(Cl)CC1. The molecule has 0 amide bonds. The van der Waals surface area contributed by atoms with E-state index >= 15 is 0 Å². The molecule has 1 aliphatic carbocycles. The normalized spacial score (nSPS) is 16.1. The maximum absolute atomic E-state index is 11.8. The second-order valence-electron chi connectivity index (χ2n) is 4.35. The molecule has 4 heteroatoms. The Labute approximate surface area is 106 Å². The van der Waals surface area contributed by atoms with Gasteiger partial charge in [-0.25, -0.2) is 4.98 Å². The van der Waals surface area contributed by atoms with Gasteiger partial charge in [0.15, 0.2) is 5.78 Å². The zero-order chi connectivity index (χ0) is 12.3. The van der Waals surface area contributed by atoms with Crippen LogP contribution in [-0.2, 0) is 11.3 Å². The number of halogens is 1. The molecule has 0 saturated heterocycles. The van der Waals surface area contributed by atoms with E-state index in [2.05, 4.69) is 23.7 Å². The molecule has 0 N–H and O–H groups in total. The maximum Gasteiger partial charge on any atom is 0.173 e. The third-order valence-corrected chi connectivity index (χ3v) is 3.40. The summed E-state index contributed by atoms with van der Waals surface area (Å²) in [4.78, 5) is 15.3. The summed E-state index contributed by atoms with van der Waals surface area (Å²) in [6.07, 6.45) is 6.79. The second-order valence-corrected chi connectivity index (χ2v) is 5.07. The summed E-state index contributed by atoms with van der Waals surface area (Å²) in [7, 11) is 0. The van der Waals surface area contributed by atoms with Gasteiger partial charge >= 0.3 is 0 Å². The van der Waals surface area contributed by atoms with Crippen molar-refractivity contribution in [2.45, 2.75) is 44.0 Å². The molecule has 3 nitrogen and oxygen atoms in total. The lowest BCUT2D eigenvalue weighted by atomic mass is 10.2. The number of Topliss-reactive ketones (excluding diaryl/α,β-unsaturated/α-hetero) is 1. The van der Waals surface area contributed by atoms with Gasteiger partial charge in [-0.1, -0.05) is 12.8 Å². The first kappa shape index (κ1) is 12.2. The predicted octanol–water partition coefficient (Wildman–Crippen LogP) is 2.38. The van der Waals surface area contributed by atoms with Crippen molar-refractivity contribution in [3.05, 3.63) is 18.2 Å². The van der Waals surface area contributed by atoms with Gasteiger partial charge in [-0.05, 0) is 25.2 Å². The predicted molar refractivity (Wildman–Crippen MR) is 66.8 cm³/mol. The van der Waals surface area contributed by atoms with Gasteiger partial charge in [0.25, 0.3) is 0 Å². The molecule has 2 rings (SSSR count). The zero-order valence-corrected chi connectivity index (χ0v) is 10.6. The fourth-order valence-corrected chi connectivity index (χ4v) is 1.67. The summed E-state index contributed by atoms with van der Waals surface area (Å²) in [5.41, 5.74) is 0.785. The van der Waals surface area contributed by atoms with Crippen LogP contribution in [0.5, 0.6) is 0 Å². The summed E-state index contributed by atoms with van der Waals surface area (Å²) >= 11 is 6.07. The minimum absolute atomic E-state index is 0.0655. The lowest BCUT2D eigenvalue weighted by Gasteiger charge is -2.06. The van der Waals surface area contributed by atoms with E-state index in [1.165, 1.54) is 0 Å². The van der Waals surface area contributed by atoms with Crippen LogP contribution in [0.3, 0.4) is 0 Å². The van der Waals surface area contributed by atoms with Crippen LogP contribution in [0.4, 0.5) is 0 Å². The third-order valence-electron chi connectivity index (χ3n) is 2.81. The van der Waals surface area contributed by atoms with E-state index in [-0.39, 0.29) is 12.3 Å². The average Bonchev–Trinajstić information content (AvgIpc) is 2.91. The van der Waals surface area contributed by atoms with Gasteiger partial charge in [0, 0.05) is 6.42 Å². The molecule has 1 fully saturated rings. The van der Waals surface area contributed by atoms with E-state index in [9.17, 15) is 4.79 Å². The van der Waals surface area contributed by atoms with Gasteiger partial charge < -0.3 is 4.57 Å². The first-order chi connectivity index (χ1) is 8.15. The number of nitrogens with zero attached hydrogens (tertiary/aromatic N) is 2. The Hall–Kier alpha value is -1.27. The minimum Gasteiger partial charge on any atom is -0.317 e. The summed E-state index contributed by atoms with van der Waals surface area (Å²) in [6, 6.07) is 0. The number of hydrogen-bond acceptors (Lipinski definition) is 2. The largest absolute Gasteiger partial charge is 0.317 e. The average molecular weight is 251 g/mol. The molecule has 0 aliphatic heterocycles. The molecule has 1 aliphatic rings. The van der Waals surface area contributed by atoms with Gasteiger partial charge in [0.2, 0.25) is 0 Å². The lowest BCUT2D eigenvalue weighted by Crippen LogP contribution is -2.21. The molecule has 1 aromatic rings. The van der Waals surface area contributed by atoms with Crippen molar-refractivity contribution in [1.29, 1.82) is 0 Å². The molecule has 1 saturated carbocycles. The Morgan fingerprint density at radius 2 is 2.41 bits per heavy atom. The zero-order valence-electron chi connectivity index (χ0n) is 9.87. The third kappa shape index (κ3) is 2.89. The summed E-state index contributed by atoms with van der Waals surface area (Å²) < 4.78 is 1.77. The van der Waals surface area contributed by atoms with Crippen LogP contribution in [0.1, 0.15) is 38.3 Å². The standard InChI is InChI=1S/C13H15ClN2O/c1-2-3-4-5-11-8-15-10-16(11)9-12(17)13(14)6-7-13/h8,10H,2-3,6-7,9H2,1H3. The van der Waals surface area contributed by atoms with Gasteiger partial charge in [-0.3, -0.25) is 4.79 Å². The van der Waals surface area contributed by atoms with Gasteiger partial charge in [-0.2, -0.15) is 0 Å². The molecule has 90 valence electrons. The van der Waals surface area contributed by atoms with Crippen molar-refractivity contribution in [3.63, 3.8) is 0 Å². The molecule has 0 aromatic carbocycles. The first-order valence-corrected chi connectivity index (χ1v) is 6.25. The number of imidazole rings is 1. The van der Waals surface area contributed by atoms with Crippen molar-refractivity contribution in [2.24, 2.45) is 0 Å². The van der Waals surface area contributed by atoms with Crippen LogP contribution in [0, 0.1) is 11.8 Å². The van der Waals surface area contributed by atoms with Crippen molar-refractivity contribution in [3.8, 4) is 11.8 Å². The molecule has 1 aromatic heterocycles. The number of unbranched alkanes of at least 4 members (excludes halogenated alkanes) is 1. The maximum atomic E-state index is 11.8. The van der Waals surface area contributed by atoms with E-state index in [0.29, 0.717) is 0 Å². The number of carbonyl (C=O) groups excluding carboxylic acids is 1. The van der Waals surface area contributed by atoms with Crippen LogP contribution in [0.25, 0.3) is 0 Å². The summed E-state index contributed by atoms with van der Waals surface area (Å²) in [5.74, 6) is 6.14. The molecule has 1 heterocycles. The van der Waals surface area contributed by atoms with E-state index in [1.54, 1.807) is 17.1 Å². The molecule has 0 atom stereocenters. The van der Waals surface area contributed by atoms with Gasteiger partial charge in [-0.15, -0.1) is 11.6 Å². The fraction of sp³-hybridized carbons (Fsp3) is 0.538. The number of ketones is 1. The van der Waals surface area contributed by atoms with Crippen molar-refractivity contribution in [2.75, 3.05) is 0 Å². The van der Waals surface area contributed by atoms with Crippen LogP contribution >= 0.6 is 11.6 Å². The minimum atomic E-state index is -0.599. The highest BCUT2D eigenvalue weighted by atomic mass is 35.5. The van der Waals surface area contributed by atoms with Gasteiger partial charge in [0.1, 0.15) is 10.6 Å². The highest BCUT2D eigenvalue weighted by Crippen LogP contribution is 2.43. The first-order valence-electron chi connectivity index (χ1n) is 5.87. The van der Waals surface area contributed by atoms with Crippen LogP contribution in [0.15, 0.2) is 12.5 Å². The Balaban J connectivity index is 2.04. The van der Waals surface area contributed by atoms with E-state index in [0.717, 1.165) is 31.4 Å². The Morgan fingerprint density at radius 3 is 3.06 bits per heavy atom. The highest BCUT2D eigenvalue weighted by Gasteiger charge is 2.47. The second kappa shape index (κ2) is 4.93. The van der Waals surface area contributed by atoms with Crippen LogP contribution < -0.4 is 0 Å². The van der Waals surface area contributed by atoms with E-state index < -0.39 is 4.87 Å². The number of rotatable bonds is 4. The molecule has 0 spiro atoms.